The van der Waals surface area contributed by atoms with Crippen molar-refractivity contribution in [3.05, 3.63) is 118 Å². The van der Waals surface area contributed by atoms with Crippen LogP contribution in [0.1, 0.15) is 138 Å². The molecule has 4 saturated carbocycles. The fourth-order valence-corrected chi connectivity index (χ4v) is 5.62. The summed E-state index contributed by atoms with van der Waals surface area (Å²) in [7, 11) is 0. The Kier molecular flexibility index (Phi) is 21.9. The molecule has 4 fully saturated rings. The summed E-state index contributed by atoms with van der Waals surface area (Å²) < 4.78 is 0. The van der Waals surface area contributed by atoms with Crippen molar-refractivity contribution >= 4 is 0 Å². The first kappa shape index (κ1) is 46.3. The summed E-state index contributed by atoms with van der Waals surface area (Å²) in [6.45, 7) is 44.0. The van der Waals surface area contributed by atoms with Crippen molar-refractivity contribution in [2.24, 2.45) is 0 Å². The second-order valence-corrected chi connectivity index (χ2v) is 12.5. The molecule has 0 unspecified atom stereocenters. The third-order valence-corrected chi connectivity index (χ3v) is 11.2. The Morgan fingerprint density at radius 2 is 0.143 bits per heavy atom. The molecule has 0 amide bonds. The molecule has 0 atom stereocenters. The van der Waals surface area contributed by atoms with Crippen molar-refractivity contribution in [3.8, 4) is 0 Å². The molecule has 0 bridgehead atoms. The van der Waals surface area contributed by atoms with E-state index in [4.69, 9.17) is 0 Å². The predicted octanol–water partition coefficient (Wildman–Crippen LogP) is 11.9. The van der Waals surface area contributed by atoms with Crippen LogP contribution in [0.2, 0.25) is 0 Å². The molecule has 4 aliphatic rings. The molecule has 4 rings (SSSR count). The van der Waals surface area contributed by atoms with E-state index in [2.05, 4.69) is 138 Å². The zero-order valence-corrected chi connectivity index (χ0v) is 36.8. The Labute approximate surface area is 319 Å². The van der Waals surface area contributed by atoms with Gasteiger partial charge in [-0.15, -0.1) is 0 Å². The van der Waals surface area contributed by atoms with Crippen molar-refractivity contribution < 1.29 is 65.4 Å². The summed E-state index contributed by atoms with van der Waals surface area (Å²) in [5.41, 5.74) is 0. The van der Waals surface area contributed by atoms with Crippen LogP contribution in [0.15, 0.2) is 0 Å². The van der Waals surface area contributed by atoms with Gasteiger partial charge in [0.05, 0.1) is 0 Å². The summed E-state index contributed by atoms with van der Waals surface area (Å²) in [4.78, 5) is 0. The maximum Gasteiger partial charge on any atom is 0 e. The van der Waals surface area contributed by atoms with E-state index < -0.39 is 0 Å². The van der Waals surface area contributed by atoms with Crippen LogP contribution in [-0.4, -0.2) is 0 Å². The van der Waals surface area contributed by atoms with E-state index in [0.717, 1.165) is 0 Å². The molecule has 0 nitrogen and oxygen atoms in total. The third-order valence-electron chi connectivity index (χ3n) is 11.2. The van der Waals surface area contributed by atoms with Gasteiger partial charge in [0.1, 0.15) is 0 Å². The minimum atomic E-state index is 0. The van der Waals surface area contributed by atoms with Crippen LogP contribution >= 0.6 is 0 Å². The van der Waals surface area contributed by atoms with E-state index in [9.17, 15) is 0 Å². The first-order chi connectivity index (χ1) is 18.2. The quantitative estimate of drug-likeness (QED) is 0.234. The molecule has 0 heterocycles. The smallest absolute Gasteiger partial charge is 0 e. The number of rotatable bonds is 0. The molecule has 0 aromatic heterocycles. The Hall–Kier alpha value is 2.21. The predicted molar refractivity (Wildman–Crippen MR) is 178 cm³/mol. The van der Waals surface area contributed by atoms with Crippen LogP contribution in [0.5, 0.6) is 0 Å². The van der Waals surface area contributed by atoms with Crippen molar-refractivity contribution in [1.29, 1.82) is 0 Å². The van der Waals surface area contributed by atoms with Gasteiger partial charge < -0.3 is 0 Å². The largest absolute Gasteiger partial charge is 0.0579 e. The fraction of sp³-hybridized carbons (Fsp3) is 0.500. The van der Waals surface area contributed by atoms with Gasteiger partial charge in [-0.3, -0.25) is 0 Å². The zero-order valence-electron chi connectivity index (χ0n) is 31.2. The molecule has 4 aliphatic carbocycles. The normalized spacial score (nSPS) is 27.1. The van der Waals surface area contributed by atoms with E-state index in [0.29, 0.717) is 0 Å². The number of hydrogen-bond acceptors (Lipinski definition) is 0. The molecular weight excluding hydrogens is 658 g/mol. The third kappa shape index (κ3) is 10.6. The summed E-state index contributed by atoms with van der Waals surface area (Å²) in [6.07, 6.45) is 0. The summed E-state index contributed by atoms with van der Waals surface area (Å²) in [6, 6.07) is 0. The Balaban J connectivity index is 0. The Morgan fingerprint density at radius 3 is 0.167 bits per heavy atom. The molecule has 0 saturated heterocycles. The van der Waals surface area contributed by atoms with Gasteiger partial charge in [-0.25, -0.2) is 0 Å². The van der Waals surface area contributed by atoms with E-state index in [1.807, 2.05) is 0 Å². The maximum absolute atomic E-state index is 2.20. The first-order valence-electron chi connectivity index (χ1n) is 15.0. The standard InChI is InChI=1S/4C10H15.2Y/c4*1-6-7(2)9(4)10(5)8(6)3;;/h4*1-5H3;;. The monoisotopic (exact) mass is 718 g/mol. The molecular formula is C40H60Y2. The van der Waals surface area contributed by atoms with Gasteiger partial charge in [-0.1, -0.05) is 138 Å². The fourth-order valence-electron chi connectivity index (χ4n) is 5.62. The van der Waals surface area contributed by atoms with Crippen LogP contribution in [0, 0.1) is 118 Å². The zero-order chi connectivity index (χ0) is 31.5. The van der Waals surface area contributed by atoms with Crippen LogP contribution in [0.3, 0.4) is 0 Å². The first-order valence-corrected chi connectivity index (χ1v) is 15.0. The summed E-state index contributed by atoms with van der Waals surface area (Å²) in [5.74, 6) is 29.4. The van der Waals surface area contributed by atoms with Crippen molar-refractivity contribution in [3.63, 3.8) is 0 Å². The Morgan fingerprint density at radius 1 is 0.119 bits per heavy atom. The van der Waals surface area contributed by atoms with Crippen LogP contribution in [0.25, 0.3) is 0 Å². The van der Waals surface area contributed by atoms with E-state index >= 15 is 0 Å². The number of hydrogen-bond donors (Lipinski definition) is 0. The van der Waals surface area contributed by atoms with Gasteiger partial charge in [-0.2, -0.15) is 0 Å². The topological polar surface area (TPSA) is 0 Å². The van der Waals surface area contributed by atoms with Crippen molar-refractivity contribution in [1.82, 2.24) is 0 Å². The molecule has 0 aliphatic heterocycles. The Bertz CT molecular complexity index is 421. The molecule has 0 aromatic rings. The van der Waals surface area contributed by atoms with E-state index in [1.54, 1.807) is 0 Å². The SMILES string of the molecule is C[C]1[C](C)[C](C)[C](C)[C]1C.C[C]1[C](C)[C](C)[C](C)[C]1C.C[C]1[C](C)[C](C)[C](C)[C]1C.C[C]1[C](C)[C](C)[C](C)[C]1C.[Y].[Y]. The molecule has 42 heavy (non-hydrogen) atoms. The van der Waals surface area contributed by atoms with Gasteiger partial charge in [0, 0.05) is 65.4 Å². The molecule has 2 heteroatoms. The minimum Gasteiger partial charge on any atom is -0.0579 e. The summed E-state index contributed by atoms with van der Waals surface area (Å²) in [5, 5.41) is 0. The van der Waals surface area contributed by atoms with Crippen molar-refractivity contribution in [2.45, 2.75) is 138 Å². The van der Waals surface area contributed by atoms with E-state index in [1.165, 1.54) is 118 Å². The molecule has 226 valence electrons. The average Bonchev–Trinajstić information content (AvgIpc) is 3.37. The molecule has 0 spiro atoms. The van der Waals surface area contributed by atoms with Gasteiger partial charge in [0.15, 0.2) is 0 Å². The minimum absolute atomic E-state index is 0. The molecule has 0 N–H and O–H groups in total. The average molecular weight is 719 g/mol. The van der Waals surface area contributed by atoms with Crippen LogP contribution in [0.4, 0.5) is 0 Å². The van der Waals surface area contributed by atoms with Crippen LogP contribution in [-0.2, 0) is 65.4 Å². The van der Waals surface area contributed by atoms with Gasteiger partial charge in [-0.05, 0) is 118 Å². The van der Waals surface area contributed by atoms with Gasteiger partial charge in [0.25, 0.3) is 0 Å². The van der Waals surface area contributed by atoms with E-state index in [-0.39, 0.29) is 65.4 Å². The summed E-state index contributed by atoms with van der Waals surface area (Å²) >= 11 is 0. The van der Waals surface area contributed by atoms with Gasteiger partial charge >= 0.3 is 0 Å². The van der Waals surface area contributed by atoms with Gasteiger partial charge in [0.2, 0.25) is 0 Å². The van der Waals surface area contributed by atoms with Crippen LogP contribution < -0.4 is 0 Å². The second kappa shape index (κ2) is 19.9. The van der Waals surface area contributed by atoms with Crippen molar-refractivity contribution in [2.75, 3.05) is 0 Å². The molecule has 0 aromatic carbocycles. The molecule has 22 radical (unpaired) electrons. The maximum atomic E-state index is 2.20. The second-order valence-electron chi connectivity index (χ2n) is 12.5.